The number of amides is 2. The number of carboxylic acid groups (broad SMARTS) is 1. The maximum Gasteiger partial charge on any atom is 0.326 e. The Morgan fingerprint density at radius 1 is 0.946 bits per heavy atom. The number of benzene rings is 3. The van der Waals surface area contributed by atoms with E-state index in [1.807, 2.05) is 85.8 Å². The molecule has 0 saturated carbocycles. The number of unbranched alkanes of at least 4 members (excludes halogenated alkanes) is 1. The number of aromatic nitrogens is 4. The van der Waals surface area contributed by atoms with Crippen LogP contribution in [-0.4, -0.2) is 55.2 Å². The van der Waals surface area contributed by atoms with Crippen molar-refractivity contribution in [1.82, 2.24) is 30.8 Å². The molecule has 3 N–H and O–H groups in total. The summed E-state index contributed by atoms with van der Waals surface area (Å²) in [5.74, 6) is -0.542. The molecule has 0 aliphatic carbocycles. The molecule has 9 nitrogen and oxygen atoms in total. The SMILES string of the molecule is CCCCNC(=O)N(Cc1ccc(-c2ccccc2-c2nn[nH]n2)cc1)[C@@H](Cc1ccccc1)C(=O)O. The van der Waals surface area contributed by atoms with E-state index >= 15 is 0 Å². The fraction of sp³-hybridized carbons (Fsp3) is 0.250. The zero-order chi connectivity index (χ0) is 26.0. The van der Waals surface area contributed by atoms with Gasteiger partial charge in [-0.15, -0.1) is 10.2 Å². The molecule has 4 aromatic rings. The molecule has 4 rings (SSSR count). The van der Waals surface area contributed by atoms with Crippen LogP contribution < -0.4 is 5.32 Å². The van der Waals surface area contributed by atoms with Gasteiger partial charge in [0.05, 0.1) is 0 Å². The van der Waals surface area contributed by atoms with Crippen molar-refractivity contribution in [2.24, 2.45) is 0 Å². The summed E-state index contributed by atoms with van der Waals surface area (Å²) in [7, 11) is 0. The fourth-order valence-corrected chi connectivity index (χ4v) is 4.16. The van der Waals surface area contributed by atoms with Crippen LogP contribution in [0.5, 0.6) is 0 Å². The highest BCUT2D eigenvalue weighted by Gasteiger charge is 2.30. The van der Waals surface area contributed by atoms with E-state index in [2.05, 4.69) is 25.9 Å². The summed E-state index contributed by atoms with van der Waals surface area (Å²) < 4.78 is 0. The molecule has 0 fully saturated rings. The maximum absolute atomic E-state index is 13.2. The zero-order valence-electron chi connectivity index (χ0n) is 20.7. The van der Waals surface area contributed by atoms with Gasteiger partial charge in [0.1, 0.15) is 6.04 Å². The predicted molar refractivity (Wildman–Crippen MR) is 140 cm³/mol. The van der Waals surface area contributed by atoms with Crippen LogP contribution in [0, 0.1) is 0 Å². The molecule has 0 spiro atoms. The molecule has 9 heteroatoms. The van der Waals surface area contributed by atoms with Crippen LogP contribution in [0.25, 0.3) is 22.5 Å². The van der Waals surface area contributed by atoms with Crippen LogP contribution in [0.1, 0.15) is 30.9 Å². The Hall–Kier alpha value is -4.53. The third-order valence-corrected chi connectivity index (χ3v) is 6.13. The molecule has 1 heterocycles. The normalized spacial score (nSPS) is 11.6. The van der Waals surface area contributed by atoms with E-state index < -0.39 is 12.0 Å². The topological polar surface area (TPSA) is 124 Å². The van der Waals surface area contributed by atoms with E-state index in [1.165, 1.54) is 4.90 Å². The lowest BCUT2D eigenvalue weighted by atomic mass is 9.98. The van der Waals surface area contributed by atoms with Crippen LogP contribution in [0.15, 0.2) is 78.9 Å². The number of H-pyrrole nitrogens is 1. The highest BCUT2D eigenvalue weighted by molar-refractivity contribution is 5.83. The third kappa shape index (κ3) is 6.58. The molecular formula is C28H30N6O3. The quantitative estimate of drug-likeness (QED) is 0.261. The molecule has 3 aromatic carbocycles. The first-order valence-electron chi connectivity index (χ1n) is 12.3. The smallest absolute Gasteiger partial charge is 0.326 e. The second-order valence-electron chi connectivity index (χ2n) is 8.74. The van der Waals surface area contributed by atoms with Crippen molar-refractivity contribution in [2.45, 2.75) is 38.8 Å². The Morgan fingerprint density at radius 2 is 1.65 bits per heavy atom. The van der Waals surface area contributed by atoms with Gasteiger partial charge in [-0.3, -0.25) is 0 Å². The molecule has 1 aromatic heterocycles. The van der Waals surface area contributed by atoms with E-state index in [4.69, 9.17) is 0 Å². The second-order valence-corrected chi connectivity index (χ2v) is 8.74. The Bertz CT molecular complexity index is 1290. The van der Waals surface area contributed by atoms with E-state index in [-0.39, 0.29) is 19.0 Å². The number of hydrogen-bond acceptors (Lipinski definition) is 5. The zero-order valence-corrected chi connectivity index (χ0v) is 20.7. The largest absolute Gasteiger partial charge is 0.480 e. The van der Waals surface area contributed by atoms with Crippen LogP contribution >= 0.6 is 0 Å². The van der Waals surface area contributed by atoms with Crippen LogP contribution in [0.3, 0.4) is 0 Å². The predicted octanol–water partition coefficient (Wildman–Crippen LogP) is 4.54. The Balaban J connectivity index is 1.59. The van der Waals surface area contributed by atoms with E-state index in [0.29, 0.717) is 12.4 Å². The summed E-state index contributed by atoms with van der Waals surface area (Å²) in [5, 5.41) is 27.3. The minimum Gasteiger partial charge on any atom is -0.480 e. The summed E-state index contributed by atoms with van der Waals surface area (Å²) in [5.41, 5.74) is 4.41. The standard InChI is InChI=1S/C28H30N6O3/c1-2-3-17-29-28(37)34(25(27(35)36)18-20-9-5-4-6-10-20)19-21-13-15-22(16-14-21)23-11-7-8-12-24(23)26-30-32-33-31-26/h4-16,25H,2-3,17-19H2,1H3,(H,29,37)(H,35,36)(H,30,31,32,33)/t25-/m0/s1. The van der Waals surface area contributed by atoms with Gasteiger partial charge in [0.15, 0.2) is 0 Å². The molecule has 0 unspecified atom stereocenters. The van der Waals surface area contributed by atoms with Crippen molar-refractivity contribution in [3.63, 3.8) is 0 Å². The second kappa shape index (κ2) is 12.4. The van der Waals surface area contributed by atoms with Crippen molar-refractivity contribution in [3.8, 4) is 22.5 Å². The fourth-order valence-electron chi connectivity index (χ4n) is 4.16. The van der Waals surface area contributed by atoms with Crippen molar-refractivity contribution >= 4 is 12.0 Å². The van der Waals surface area contributed by atoms with Crippen LogP contribution in [0.4, 0.5) is 4.79 Å². The number of aromatic amines is 1. The van der Waals surface area contributed by atoms with Crippen molar-refractivity contribution in [3.05, 3.63) is 90.0 Å². The van der Waals surface area contributed by atoms with Gasteiger partial charge in [-0.1, -0.05) is 92.2 Å². The monoisotopic (exact) mass is 498 g/mol. The number of urea groups is 1. The van der Waals surface area contributed by atoms with Crippen LogP contribution in [-0.2, 0) is 17.8 Å². The first-order valence-corrected chi connectivity index (χ1v) is 12.3. The van der Waals surface area contributed by atoms with Gasteiger partial charge in [0, 0.05) is 25.1 Å². The molecule has 37 heavy (non-hydrogen) atoms. The van der Waals surface area contributed by atoms with Gasteiger partial charge in [-0.25, -0.2) is 9.59 Å². The summed E-state index contributed by atoms with van der Waals surface area (Å²) in [6.45, 7) is 2.70. The van der Waals surface area contributed by atoms with Crippen molar-refractivity contribution in [1.29, 1.82) is 0 Å². The first-order chi connectivity index (χ1) is 18.1. The molecule has 190 valence electrons. The van der Waals surface area contributed by atoms with Crippen molar-refractivity contribution in [2.75, 3.05) is 6.54 Å². The number of aliphatic carboxylic acids is 1. The maximum atomic E-state index is 13.2. The lowest BCUT2D eigenvalue weighted by molar-refractivity contribution is -0.142. The number of nitrogens with zero attached hydrogens (tertiary/aromatic N) is 4. The van der Waals surface area contributed by atoms with E-state index in [0.717, 1.165) is 40.7 Å². The average molecular weight is 499 g/mol. The molecule has 0 radical (unpaired) electrons. The molecule has 0 aliphatic heterocycles. The van der Waals surface area contributed by atoms with E-state index in [9.17, 15) is 14.7 Å². The van der Waals surface area contributed by atoms with Gasteiger partial charge >= 0.3 is 12.0 Å². The lowest BCUT2D eigenvalue weighted by Gasteiger charge is -2.29. The number of hydrogen-bond donors (Lipinski definition) is 3. The minimum absolute atomic E-state index is 0.161. The highest BCUT2D eigenvalue weighted by atomic mass is 16.4. The molecular weight excluding hydrogens is 468 g/mol. The first kappa shape index (κ1) is 25.6. The molecule has 2 amide bonds. The van der Waals surface area contributed by atoms with Gasteiger partial charge in [0.2, 0.25) is 5.82 Å². The van der Waals surface area contributed by atoms with Crippen molar-refractivity contribution < 1.29 is 14.7 Å². The molecule has 0 aliphatic rings. The highest BCUT2D eigenvalue weighted by Crippen LogP contribution is 2.30. The van der Waals surface area contributed by atoms with E-state index in [1.54, 1.807) is 0 Å². The van der Waals surface area contributed by atoms with Gasteiger partial charge in [-0.2, -0.15) is 5.21 Å². The number of tetrazole rings is 1. The number of carbonyl (C=O) groups is 2. The number of rotatable bonds is 11. The number of carboxylic acids is 1. The number of nitrogens with one attached hydrogen (secondary N) is 2. The van der Waals surface area contributed by atoms with Gasteiger partial charge in [0.25, 0.3) is 0 Å². The molecule has 0 bridgehead atoms. The Labute approximate surface area is 215 Å². The summed E-state index contributed by atoms with van der Waals surface area (Å²) in [4.78, 5) is 26.9. The van der Waals surface area contributed by atoms with Gasteiger partial charge in [-0.05, 0) is 33.9 Å². The Morgan fingerprint density at radius 3 is 2.30 bits per heavy atom. The average Bonchev–Trinajstić information content (AvgIpc) is 3.47. The third-order valence-electron chi connectivity index (χ3n) is 6.13. The number of carbonyl (C=O) groups excluding carboxylic acids is 1. The molecule has 1 atom stereocenters. The molecule has 0 saturated heterocycles. The summed E-state index contributed by atoms with van der Waals surface area (Å²) >= 11 is 0. The summed E-state index contributed by atoms with van der Waals surface area (Å²) in [6, 6.07) is 23.5. The van der Waals surface area contributed by atoms with Gasteiger partial charge < -0.3 is 15.3 Å². The lowest BCUT2D eigenvalue weighted by Crippen LogP contribution is -2.50. The Kier molecular flexibility index (Phi) is 8.59. The minimum atomic E-state index is -1.04. The summed E-state index contributed by atoms with van der Waals surface area (Å²) in [6.07, 6.45) is 1.97. The van der Waals surface area contributed by atoms with Crippen LogP contribution in [0.2, 0.25) is 0 Å².